The molecule has 0 aliphatic carbocycles. The smallest absolute Gasteiger partial charge is 0.137 e. The summed E-state index contributed by atoms with van der Waals surface area (Å²) in [5.41, 5.74) is 0.0359. The van der Waals surface area contributed by atoms with Crippen molar-refractivity contribution >= 4 is 0 Å². The van der Waals surface area contributed by atoms with Crippen molar-refractivity contribution in [3.63, 3.8) is 0 Å². The van der Waals surface area contributed by atoms with Crippen LogP contribution in [-0.4, -0.2) is 30.3 Å². The Labute approximate surface area is 89.3 Å². The Hall–Kier alpha value is -1.13. The summed E-state index contributed by atoms with van der Waals surface area (Å²) in [4.78, 5) is 4.06. The largest absolute Gasteiger partial charge is 0.495 e. The molecule has 4 nitrogen and oxygen atoms in total. The molecule has 15 heavy (non-hydrogen) atoms. The molecule has 1 atom stereocenters. The number of ether oxygens (including phenoxy) is 1. The first-order valence-corrected chi connectivity index (χ1v) is 5.17. The first-order valence-electron chi connectivity index (χ1n) is 5.17. The van der Waals surface area contributed by atoms with E-state index in [2.05, 4.69) is 10.3 Å². The second-order valence-electron chi connectivity index (χ2n) is 3.93. The van der Waals surface area contributed by atoms with E-state index in [1.807, 2.05) is 6.07 Å². The van der Waals surface area contributed by atoms with Gasteiger partial charge in [0.25, 0.3) is 0 Å². The Bertz CT molecular complexity index is 335. The second-order valence-corrected chi connectivity index (χ2v) is 3.93. The van der Waals surface area contributed by atoms with Gasteiger partial charge in [0.2, 0.25) is 0 Å². The number of methoxy groups -OCH3 is 1. The molecule has 2 rings (SSSR count). The molecule has 0 bridgehead atoms. The summed E-state index contributed by atoms with van der Waals surface area (Å²) in [6, 6.07) is 1.85. The van der Waals surface area contributed by atoms with Crippen LogP contribution >= 0.6 is 0 Å². The molecular formula is C11H16N2O2. The molecule has 4 heteroatoms. The van der Waals surface area contributed by atoms with Crippen molar-refractivity contribution in [2.45, 2.75) is 18.4 Å². The van der Waals surface area contributed by atoms with Gasteiger partial charge in [-0.25, -0.2) is 0 Å². The fourth-order valence-corrected chi connectivity index (χ4v) is 1.92. The number of hydrogen-bond donors (Lipinski definition) is 2. The molecule has 1 unspecified atom stereocenters. The van der Waals surface area contributed by atoms with E-state index in [4.69, 9.17) is 4.74 Å². The third kappa shape index (κ3) is 2.11. The van der Waals surface area contributed by atoms with Crippen molar-refractivity contribution in [2.75, 3.05) is 20.2 Å². The van der Waals surface area contributed by atoms with Gasteiger partial charge in [-0.2, -0.15) is 0 Å². The third-order valence-corrected chi connectivity index (χ3v) is 2.85. The van der Waals surface area contributed by atoms with Crippen LogP contribution in [0.2, 0.25) is 0 Å². The van der Waals surface area contributed by atoms with Crippen molar-refractivity contribution in [1.29, 1.82) is 0 Å². The predicted octanol–water partition coefficient (Wildman–Crippen LogP) is 0.661. The Balaban J connectivity index is 2.26. The van der Waals surface area contributed by atoms with Crippen LogP contribution in [0.15, 0.2) is 18.5 Å². The Kier molecular flexibility index (Phi) is 2.88. The van der Waals surface area contributed by atoms with Crippen molar-refractivity contribution in [3.05, 3.63) is 24.0 Å². The summed E-state index contributed by atoms with van der Waals surface area (Å²) in [5, 5.41) is 13.6. The zero-order valence-corrected chi connectivity index (χ0v) is 8.86. The quantitative estimate of drug-likeness (QED) is 0.749. The predicted molar refractivity (Wildman–Crippen MR) is 56.8 cm³/mol. The number of β-amino-alcohol motifs (C(OH)–C–C–N with tert-alkyl or cyclic N) is 1. The summed E-state index contributed by atoms with van der Waals surface area (Å²) in [5.74, 6) is 0.687. The number of nitrogens with zero attached hydrogens (tertiary/aromatic N) is 1. The molecule has 0 spiro atoms. The number of aliphatic hydroxyl groups is 1. The molecule has 1 aromatic heterocycles. The van der Waals surface area contributed by atoms with Crippen LogP contribution in [-0.2, 0) is 5.60 Å². The highest BCUT2D eigenvalue weighted by Crippen LogP contribution is 2.29. The average Bonchev–Trinajstić information content (AvgIpc) is 2.30. The summed E-state index contributed by atoms with van der Waals surface area (Å²) in [6.07, 6.45) is 5.10. The SMILES string of the molecule is COc1cncc(C2(O)CCCNC2)c1. The van der Waals surface area contributed by atoms with E-state index < -0.39 is 5.60 Å². The zero-order chi connectivity index (χ0) is 10.7. The Morgan fingerprint density at radius 2 is 2.40 bits per heavy atom. The van der Waals surface area contributed by atoms with Gasteiger partial charge in [0.05, 0.1) is 13.3 Å². The highest BCUT2D eigenvalue weighted by atomic mass is 16.5. The van der Waals surface area contributed by atoms with Crippen LogP contribution in [0.4, 0.5) is 0 Å². The van der Waals surface area contributed by atoms with Gasteiger partial charge < -0.3 is 15.2 Å². The highest BCUT2D eigenvalue weighted by Gasteiger charge is 2.31. The van der Waals surface area contributed by atoms with E-state index in [1.54, 1.807) is 19.5 Å². The molecule has 2 heterocycles. The number of rotatable bonds is 2. The van der Waals surface area contributed by atoms with Crippen molar-refractivity contribution in [2.24, 2.45) is 0 Å². The standard InChI is InChI=1S/C11H16N2O2/c1-15-10-5-9(6-13-7-10)11(14)3-2-4-12-8-11/h5-7,12,14H,2-4,8H2,1H3. The average molecular weight is 208 g/mol. The molecule has 1 aliphatic heterocycles. The minimum absolute atomic E-state index is 0.585. The number of nitrogens with one attached hydrogen (secondary N) is 1. The van der Waals surface area contributed by atoms with Gasteiger partial charge in [-0.15, -0.1) is 0 Å². The monoisotopic (exact) mass is 208 g/mol. The molecule has 82 valence electrons. The highest BCUT2D eigenvalue weighted by molar-refractivity contribution is 5.28. The zero-order valence-electron chi connectivity index (χ0n) is 8.86. The van der Waals surface area contributed by atoms with E-state index in [0.29, 0.717) is 12.3 Å². The van der Waals surface area contributed by atoms with Crippen molar-refractivity contribution in [1.82, 2.24) is 10.3 Å². The molecule has 1 aromatic rings. The number of hydrogen-bond acceptors (Lipinski definition) is 4. The van der Waals surface area contributed by atoms with Crippen molar-refractivity contribution in [3.8, 4) is 5.75 Å². The number of piperidine rings is 1. The molecule has 2 N–H and O–H groups in total. The number of aromatic nitrogens is 1. The molecule has 0 radical (unpaired) electrons. The first kappa shape index (κ1) is 10.4. The Morgan fingerprint density at radius 3 is 3.07 bits per heavy atom. The fraction of sp³-hybridized carbons (Fsp3) is 0.545. The first-order chi connectivity index (χ1) is 7.24. The van der Waals surface area contributed by atoms with Crippen molar-refractivity contribution < 1.29 is 9.84 Å². The van der Waals surface area contributed by atoms with Crippen LogP contribution in [0.5, 0.6) is 5.75 Å². The minimum atomic E-state index is -0.792. The molecule has 1 aliphatic rings. The van der Waals surface area contributed by atoms with E-state index in [1.165, 1.54) is 0 Å². The van der Waals surface area contributed by atoms with E-state index in [9.17, 15) is 5.11 Å². The lowest BCUT2D eigenvalue weighted by Crippen LogP contribution is -2.43. The lowest BCUT2D eigenvalue weighted by molar-refractivity contribution is 0.0118. The van der Waals surface area contributed by atoms with Crippen LogP contribution < -0.4 is 10.1 Å². The molecule has 0 aromatic carbocycles. The van der Waals surface area contributed by atoms with Gasteiger partial charge >= 0.3 is 0 Å². The summed E-state index contributed by atoms with van der Waals surface area (Å²) >= 11 is 0. The molecule has 0 saturated carbocycles. The van der Waals surface area contributed by atoms with Gasteiger partial charge in [-0.3, -0.25) is 4.98 Å². The lowest BCUT2D eigenvalue weighted by Gasteiger charge is -2.32. The second kappa shape index (κ2) is 4.16. The lowest BCUT2D eigenvalue weighted by atomic mass is 9.88. The maximum absolute atomic E-state index is 10.4. The topological polar surface area (TPSA) is 54.4 Å². The maximum atomic E-state index is 10.4. The van der Waals surface area contributed by atoms with E-state index in [-0.39, 0.29) is 0 Å². The van der Waals surface area contributed by atoms with Crippen LogP contribution in [0.1, 0.15) is 18.4 Å². The van der Waals surface area contributed by atoms with Crippen LogP contribution in [0, 0.1) is 0 Å². The van der Waals surface area contributed by atoms with E-state index in [0.717, 1.165) is 24.9 Å². The van der Waals surface area contributed by atoms with Gasteiger partial charge in [0.15, 0.2) is 0 Å². The van der Waals surface area contributed by atoms with Gasteiger partial charge in [-0.05, 0) is 25.5 Å². The van der Waals surface area contributed by atoms with Gasteiger partial charge in [0.1, 0.15) is 11.4 Å². The molecular weight excluding hydrogens is 192 g/mol. The van der Waals surface area contributed by atoms with Gasteiger partial charge in [-0.1, -0.05) is 0 Å². The third-order valence-electron chi connectivity index (χ3n) is 2.85. The molecule has 1 saturated heterocycles. The number of pyridine rings is 1. The minimum Gasteiger partial charge on any atom is -0.495 e. The van der Waals surface area contributed by atoms with Gasteiger partial charge in [0, 0.05) is 18.3 Å². The maximum Gasteiger partial charge on any atom is 0.137 e. The summed E-state index contributed by atoms with van der Waals surface area (Å²) in [6.45, 7) is 1.56. The molecule has 1 fully saturated rings. The summed E-state index contributed by atoms with van der Waals surface area (Å²) < 4.78 is 5.10. The molecule has 0 amide bonds. The fourth-order valence-electron chi connectivity index (χ4n) is 1.92. The van der Waals surface area contributed by atoms with E-state index >= 15 is 0 Å². The normalized spacial score (nSPS) is 26.3. The Morgan fingerprint density at radius 1 is 1.53 bits per heavy atom. The summed E-state index contributed by atoms with van der Waals surface area (Å²) in [7, 11) is 1.60. The van der Waals surface area contributed by atoms with Crippen LogP contribution in [0.3, 0.4) is 0 Å². The van der Waals surface area contributed by atoms with Crippen LogP contribution in [0.25, 0.3) is 0 Å².